The van der Waals surface area contributed by atoms with Gasteiger partial charge in [0.1, 0.15) is 0 Å². The van der Waals surface area contributed by atoms with Crippen molar-refractivity contribution in [1.82, 2.24) is 4.57 Å². The fourth-order valence-corrected chi connectivity index (χ4v) is 11.7. The molecule has 56 heavy (non-hydrogen) atoms. The Hall–Kier alpha value is -6.94. The van der Waals surface area contributed by atoms with Gasteiger partial charge in [0.15, 0.2) is 0 Å². The van der Waals surface area contributed by atoms with Crippen LogP contribution in [0.5, 0.6) is 0 Å². The minimum Gasteiger partial charge on any atom is -0.309 e. The Kier molecular flexibility index (Phi) is 6.01. The van der Waals surface area contributed by atoms with Crippen molar-refractivity contribution in [2.45, 2.75) is 5.41 Å². The van der Waals surface area contributed by atoms with Crippen LogP contribution in [0.3, 0.4) is 0 Å². The molecule has 0 amide bonds. The van der Waals surface area contributed by atoms with Gasteiger partial charge >= 0.3 is 0 Å². The number of aromatic nitrogens is 1. The van der Waals surface area contributed by atoms with E-state index in [0.717, 1.165) is 5.69 Å². The topological polar surface area (TPSA) is 8.17 Å². The molecule has 0 saturated heterocycles. The molecule has 9 aromatic carbocycles. The monoisotopic (exact) mass is 728 g/mol. The second kappa shape index (κ2) is 11.1. The summed E-state index contributed by atoms with van der Waals surface area (Å²) in [7, 11) is 0. The largest absolute Gasteiger partial charge is 0.309 e. The van der Waals surface area contributed by atoms with Crippen molar-refractivity contribution in [3.63, 3.8) is 0 Å². The highest BCUT2D eigenvalue weighted by atomic mass is 32.1. The lowest BCUT2D eigenvalue weighted by molar-refractivity contribution is 0.783. The number of hydrogen-bond donors (Lipinski definition) is 0. The van der Waals surface area contributed by atoms with Gasteiger partial charge in [0.2, 0.25) is 0 Å². The van der Waals surface area contributed by atoms with Crippen molar-refractivity contribution in [3.05, 3.63) is 216 Å². The Labute approximate surface area is 327 Å². The normalized spacial score (nSPS) is 13.5. The molecular formula is C53H32N2S. The van der Waals surface area contributed by atoms with E-state index < -0.39 is 5.41 Å². The highest BCUT2D eigenvalue weighted by molar-refractivity contribution is 7.26. The minimum absolute atomic E-state index is 0.491. The Morgan fingerprint density at radius 1 is 0.375 bits per heavy atom. The average molecular weight is 729 g/mol. The first kappa shape index (κ1) is 30.4. The van der Waals surface area contributed by atoms with E-state index in [1.165, 1.54) is 103 Å². The third-order valence-electron chi connectivity index (χ3n) is 12.6. The molecule has 1 spiro atoms. The highest BCUT2D eigenvalue weighted by Gasteiger charge is 2.50. The molecule has 2 aromatic heterocycles. The van der Waals surface area contributed by atoms with Gasteiger partial charge in [0.25, 0.3) is 0 Å². The first-order valence-corrected chi connectivity index (χ1v) is 20.2. The van der Waals surface area contributed by atoms with Crippen molar-refractivity contribution in [1.29, 1.82) is 0 Å². The number of anilines is 3. The van der Waals surface area contributed by atoms with E-state index in [4.69, 9.17) is 0 Å². The molecule has 3 heteroatoms. The number of para-hydroxylation sites is 2. The van der Waals surface area contributed by atoms with Crippen LogP contribution in [-0.4, -0.2) is 4.57 Å². The molecule has 2 aliphatic carbocycles. The minimum atomic E-state index is -0.491. The van der Waals surface area contributed by atoms with E-state index >= 15 is 0 Å². The summed E-state index contributed by atoms with van der Waals surface area (Å²) in [6.07, 6.45) is 0. The van der Waals surface area contributed by atoms with Gasteiger partial charge in [0.05, 0.1) is 27.8 Å². The van der Waals surface area contributed by atoms with Crippen molar-refractivity contribution < 1.29 is 0 Å². The maximum absolute atomic E-state index is 2.52. The Bertz CT molecular complexity index is 3380. The number of rotatable bonds is 4. The summed E-state index contributed by atoms with van der Waals surface area (Å²) in [4.78, 5) is 2.52. The van der Waals surface area contributed by atoms with Crippen molar-refractivity contribution in [2.75, 3.05) is 4.90 Å². The molecule has 0 fully saturated rings. The van der Waals surface area contributed by atoms with Crippen LogP contribution in [0.4, 0.5) is 17.1 Å². The summed E-state index contributed by atoms with van der Waals surface area (Å²) in [5.41, 5.74) is 14.7. The van der Waals surface area contributed by atoms with E-state index in [-0.39, 0.29) is 0 Å². The SMILES string of the molecule is c1ccc(N(c2ccc3c4c2ccc2c4c4c(cccc4n2-c2ccccc2)C32c3ccccc3-c3ccccc32)c2cccc3sc4ccccc4c23)cc1. The van der Waals surface area contributed by atoms with Crippen LogP contribution in [0.1, 0.15) is 22.3 Å². The Morgan fingerprint density at radius 3 is 1.80 bits per heavy atom. The molecule has 0 N–H and O–H groups in total. The Morgan fingerprint density at radius 2 is 1.00 bits per heavy atom. The van der Waals surface area contributed by atoms with Crippen LogP contribution in [-0.2, 0) is 5.41 Å². The summed E-state index contributed by atoms with van der Waals surface area (Å²) in [5, 5.41) is 7.83. The number of hydrogen-bond acceptors (Lipinski definition) is 2. The average Bonchev–Trinajstić information content (AvgIpc) is 3.91. The van der Waals surface area contributed by atoms with Gasteiger partial charge < -0.3 is 9.47 Å². The predicted octanol–water partition coefficient (Wildman–Crippen LogP) is 14.5. The van der Waals surface area contributed by atoms with E-state index in [2.05, 4.69) is 204 Å². The molecule has 2 nitrogen and oxygen atoms in total. The van der Waals surface area contributed by atoms with Crippen LogP contribution in [0.2, 0.25) is 0 Å². The van der Waals surface area contributed by atoms with Crippen molar-refractivity contribution in [3.8, 4) is 16.8 Å². The molecule has 0 bridgehead atoms. The van der Waals surface area contributed by atoms with Crippen LogP contribution in [0, 0.1) is 0 Å². The molecule has 260 valence electrons. The maximum Gasteiger partial charge on any atom is 0.0726 e. The zero-order chi connectivity index (χ0) is 36.5. The van der Waals surface area contributed by atoms with Gasteiger partial charge in [-0.1, -0.05) is 133 Å². The number of thiophene rings is 1. The third kappa shape index (κ3) is 3.71. The molecule has 0 atom stereocenters. The summed E-state index contributed by atoms with van der Waals surface area (Å²) in [6, 6.07) is 72.4. The Balaban J connectivity index is 1.23. The standard InChI is InChI=1S/C53H32N2S/c1-3-15-33(16-4-1)54(44-26-14-28-48-50(44)38-21-9-12-27-47(38)56-48)43-32-30-42-49-37(43)29-31-46-52(49)51-41(24-13-25-45(51)55(46)34-17-5-2-6-18-34)53(42)39-22-10-7-19-35(39)36-20-8-11-23-40(36)53/h1-32H. The molecular weight excluding hydrogens is 697 g/mol. The van der Waals surface area contributed by atoms with E-state index in [0.29, 0.717) is 0 Å². The molecule has 2 heterocycles. The summed E-state index contributed by atoms with van der Waals surface area (Å²) < 4.78 is 5.09. The second-order valence-corrected chi connectivity index (χ2v) is 16.2. The number of nitrogens with zero attached hydrogens (tertiary/aromatic N) is 2. The van der Waals surface area contributed by atoms with Crippen LogP contribution in [0.15, 0.2) is 194 Å². The lowest BCUT2D eigenvalue weighted by Crippen LogP contribution is -2.30. The molecule has 0 radical (unpaired) electrons. The van der Waals surface area contributed by atoms with Gasteiger partial charge in [-0.05, 0) is 99.4 Å². The fraction of sp³-hybridized carbons (Fsp3) is 0.0189. The van der Waals surface area contributed by atoms with E-state index in [1.807, 2.05) is 11.3 Å². The zero-order valence-corrected chi connectivity index (χ0v) is 31.1. The third-order valence-corrected chi connectivity index (χ3v) is 13.7. The molecule has 13 rings (SSSR count). The summed E-state index contributed by atoms with van der Waals surface area (Å²) in [6.45, 7) is 0. The highest BCUT2D eigenvalue weighted by Crippen LogP contribution is 2.63. The van der Waals surface area contributed by atoms with Crippen molar-refractivity contribution in [2.24, 2.45) is 0 Å². The molecule has 11 aromatic rings. The van der Waals surface area contributed by atoms with Gasteiger partial charge in [-0.3, -0.25) is 0 Å². The smallest absolute Gasteiger partial charge is 0.0726 e. The van der Waals surface area contributed by atoms with Crippen LogP contribution in [0.25, 0.3) is 69.6 Å². The van der Waals surface area contributed by atoms with Crippen LogP contribution >= 0.6 is 11.3 Å². The molecule has 0 unspecified atom stereocenters. The number of fused-ring (bicyclic) bond motifs is 10. The van der Waals surface area contributed by atoms with E-state index in [9.17, 15) is 0 Å². The summed E-state index contributed by atoms with van der Waals surface area (Å²) >= 11 is 1.87. The van der Waals surface area contributed by atoms with Gasteiger partial charge in [-0.25, -0.2) is 0 Å². The molecule has 2 aliphatic rings. The van der Waals surface area contributed by atoms with Gasteiger partial charge in [-0.2, -0.15) is 0 Å². The predicted molar refractivity (Wildman–Crippen MR) is 237 cm³/mol. The quantitative estimate of drug-likeness (QED) is 0.175. The first-order valence-electron chi connectivity index (χ1n) is 19.4. The van der Waals surface area contributed by atoms with Crippen molar-refractivity contribution >= 4 is 81.1 Å². The fourth-order valence-electron chi connectivity index (χ4n) is 10.5. The maximum atomic E-state index is 2.52. The zero-order valence-electron chi connectivity index (χ0n) is 30.3. The second-order valence-electron chi connectivity index (χ2n) is 15.1. The molecule has 0 saturated carbocycles. The first-order chi connectivity index (χ1) is 27.8. The van der Waals surface area contributed by atoms with Crippen LogP contribution < -0.4 is 4.90 Å². The lowest BCUT2D eigenvalue weighted by Gasteiger charge is -2.39. The lowest BCUT2D eigenvalue weighted by atomic mass is 9.63. The van der Waals surface area contributed by atoms with Gasteiger partial charge in [-0.15, -0.1) is 11.3 Å². The summed E-state index contributed by atoms with van der Waals surface area (Å²) in [5.74, 6) is 0. The van der Waals surface area contributed by atoms with E-state index in [1.54, 1.807) is 0 Å². The molecule has 0 aliphatic heterocycles. The number of benzene rings is 9. The van der Waals surface area contributed by atoms with Gasteiger partial charge in [0, 0.05) is 47.7 Å².